The summed E-state index contributed by atoms with van der Waals surface area (Å²) in [5.74, 6) is -0.245. The molecule has 0 fully saturated rings. The number of nitrogens with one attached hydrogen (secondary N) is 1. The number of rotatable bonds is 5. The van der Waals surface area contributed by atoms with Crippen LogP contribution in [-0.4, -0.2) is 21.6 Å². The fourth-order valence-electron chi connectivity index (χ4n) is 1.59. The number of nitrogen functional groups attached to an aromatic ring is 1. The van der Waals surface area contributed by atoms with Gasteiger partial charge in [-0.05, 0) is 12.1 Å². The molecule has 0 aliphatic heterocycles. The molecule has 0 radical (unpaired) electrons. The van der Waals surface area contributed by atoms with Gasteiger partial charge in [0.2, 0.25) is 5.91 Å². The molecule has 1 amide bonds. The first-order valence-electron chi connectivity index (χ1n) is 5.93. The second-order valence-corrected chi connectivity index (χ2v) is 5.04. The third kappa shape index (κ3) is 3.93. The van der Waals surface area contributed by atoms with Gasteiger partial charge >= 0.3 is 0 Å². The Kier molecular flexibility index (Phi) is 4.72. The molecule has 0 unspecified atom stereocenters. The minimum atomic E-state index is -0.538. The predicted molar refractivity (Wildman–Crippen MR) is 81.1 cm³/mol. The number of carbonyl (C=O) groups excluding carboxylic acids is 1. The zero-order chi connectivity index (χ0) is 15.2. The Morgan fingerprint density at radius 3 is 2.86 bits per heavy atom. The number of nitrogens with zero attached hydrogens (tertiary/aromatic N) is 2. The molecule has 2 rings (SSSR count). The van der Waals surface area contributed by atoms with E-state index in [1.807, 2.05) is 0 Å². The van der Waals surface area contributed by atoms with Gasteiger partial charge < -0.3 is 11.1 Å². The molecule has 0 spiro atoms. The van der Waals surface area contributed by atoms with Crippen LogP contribution in [0.15, 0.2) is 47.6 Å². The quantitative estimate of drug-likeness (QED) is 0.498. The minimum Gasteiger partial charge on any atom is -0.397 e. The number of amides is 1. The molecular formula is C13H12N4O3S. The molecule has 1 aromatic heterocycles. The number of carbonyl (C=O) groups is 1. The first kappa shape index (κ1) is 14.8. The number of pyridine rings is 1. The van der Waals surface area contributed by atoms with Gasteiger partial charge in [-0.25, -0.2) is 0 Å². The first-order valence-corrected chi connectivity index (χ1v) is 6.92. The number of para-hydroxylation sites is 2. The Balaban J connectivity index is 2.00. The zero-order valence-electron chi connectivity index (χ0n) is 10.9. The number of nitrogens with two attached hydrogens (primary N) is 1. The van der Waals surface area contributed by atoms with Crippen LogP contribution in [0.5, 0.6) is 0 Å². The van der Waals surface area contributed by atoms with Gasteiger partial charge in [-0.2, -0.15) is 0 Å². The van der Waals surface area contributed by atoms with Crippen LogP contribution in [0.1, 0.15) is 0 Å². The molecule has 3 N–H and O–H groups in total. The normalized spacial score (nSPS) is 10.1. The molecular weight excluding hydrogens is 292 g/mol. The topological polar surface area (TPSA) is 111 Å². The van der Waals surface area contributed by atoms with Crippen LogP contribution in [0.25, 0.3) is 0 Å². The minimum absolute atomic E-state index is 0.0975. The van der Waals surface area contributed by atoms with Gasteiger partial charge in [0.15, 0.2) is 0 Å². The lowest BCUT2D eigenvalue weighted by Gasteiger charge is -2.06. The Bertz CT molecular complexity index is 678. The molecule has 2 aromatic rings. The fraction of sp³-hybridized carbons (Fsp3) is 0.0769. The van der Waals surface area contributed by atoms with Gasteiger partial charge in [-0.15, -0.1) is 11.8 Å². The monoisotopic (exact) mass is 304 g/mol. The Morgan fingerprint density at radius 2 is 2.14 bits per heavy atom. The van der Waals surface area contributed by atoms with Crippen molar-refractivity contribution in [2.24, 2.45) is 0 Å². The summed E-state index contributed by atoms with van der Waals surface area (Å²) in [4.78, 5) is 26.8. The maximum atomic E-state index is 11.9. The number of benzene rings is 1. The van der Waals surface area contributed by atoms with E-state index in [-0.39, 0.29) is 23.0 Å². The van der Waals surface area contributed by atoms with Crippen LogP contribution in [0.3, 0.4) is 0 Å². The average molecular weight is 304 g/mol. The van der Waals surface area contributed by atoms with E-state index >= 15 is 0 Å². The summed E-state index contributed by atoms with van der Waals surface area (Å²) in [5, 5.41) is 13.4. The third-order valence-electron chi connectivity index (χ3n) is 2.54. The van der Waals surface area contributed by atoms with Crippen molar-refractivity contribution >= 4 is 34.7 Å². The summed E-state index contributed by atoms with van der Waals surface area (Å²) in [6, 6.07) is 7.69. The van der Waals surface area contributed by atoms with Crippen LogP contribution in [0.4, 0.5) is 17.1 Å². The fourth-order valence-corrected chi connectivity index (χ4v) is 2.33. The van der Waals surface area contributed by atoms with Crippen LogP contribution < -0.4 is 11.1 Å². The molecule has 108 valence electrons. The SMILES string of the molecule is Nc1cnccc1SCC(=O)Nc1ccccc1[N+](=O)[O-]. The van der Waals surface area contributed by atoms with E-state index in [2.05, 4.69) is 10.3 Å². The highest BCUT2D eigenvalue weighted by Gasteiger charge is 2.14. The van der Waals surface area contributed by atoms with E-state index in [0.29, 0.717) is 5.69 Å². The smallest absolute Gasteiger partial charge is 0.292 e. The molecule has 7 nitrogen and oxygen atoms in total. The average Bonchev–Trinajstić information content (AvgIpc) is 2.47. The maximum Gasteiger partial charge on any atom is 0.292 e. The van der Waals surface area contributed by atoms with Crippen molar-refractivity contribution in [3.8, 4) is 0 Å². The van der Waals surface area contributed by atoms with Crippen molar-refractivity contribution in [1.29, 1.82) is 0 Å². The molecule has 0 aliphatic carbocycles. The van der Waals surface area contributed by atoms with Crippen molar-refractivity contribution in [2.45, 2.75) is 4.90 Å². The summed E-state index contributed by atoms with van der Waals surface area (Å²) >= 11 is 1.24. The third-order valence-corrected chi connectivity index (χ3v) is 3.63. The Hall–Kier alpha value is -2.61. The lowest BCUT2D eigenvalue weighted by atomic mass is 10.2. The molecule has 0 saturated carbocycles. The van der Waals surface area contributed by atoms with E-state index in [9.17, 15) is 14.9 Å². The molecule has 8 heteroatoms. The maximum absolute atomic E-state index is 11.9. The van der Waals surface area contributed by atoms with Crippen LogP contribution in [0, 0.1) is 10.1 Å². The number of thioether (sulfide) groups is 1. The summed E-state index contributed by atoms with van der Waals surface area (Å²) in [7, 11) is 0. The molecule has 0 bridgehead atoms. The van der Waals surface area contributed by atoms with Gasteiger partial charge in [0.1, 0.15) is 5.69 Å². The van der Waals surface area contributed by atoms with Gasteiger partial charge in [0, 0.05) is 17.2 Å². The molecule has 21 heavy (non-hydrogen) atoms. The number of hydrogen-bond acceptors (Lipinski definition) is 6. The van der Waals surface area contributed by atoms with E-state index in [1.54, 1.807) is 24.4 Å². The summed E-state index contributed by atoms with van der Waals surface area (Å²) < 4.78 is 0. The highest BCUT2D eigenvalue weighted by Crippen LogP contribution is 2.25. The molecule has 0 aliphatic rings. The van der Waals surface area contributed by atoms with Crippen molar-refractivity contribution in [1.82, 2.24) is 4.98 Å². The number of nitro groups is 1. The van der Waals surface area contributed by atoms with E-state index < -0.39 is 4.92 Å². The lowest BCUT2D eigenvalue weighted by Crippen LogP contribution is -2.15. The van der Waals surface area contributed by atoms with Crippen molar-refractivity contribution in [3.63, 3.8) is 0 Å². The van der Waals surface area contributed by atoms with Crippen LogP contribution >= 0.6 is 11.8 Å². The largest absolute Gasteiger partial charge is 0.397 e. The molecule has 0 atom stereocenters. The van der Waals surface area contributed by atoms with E-state index in [4.69, 9.17) is 5.73 Å². The van der Waals surface area contributed by atoms with Gasteiger partial charge in [0.05, 0.1) is 22.6 Å². The summed E-state index contributed by atoms with van der Waals surface area (Å²) in [6.45, 7) is 0. The second kappa shape index (κ2) is 6.71. The summed E-state index contributed by atoms with van der Waals surface area (Å²) in [6.07, 6.45) is 3.08. The highest BCUT2D eigenvalue weighted by atomic mass is 32.2. The molecule has 0 saturated heterocycles. The van der Waals surface area contributed by atoms with Gasteiger partial charge in [-0.3, -0.25) is 19.9 Å². The van der Waals surface area contributed by atoms with Crippen LogP contribution in [0.2, 0.25) is 0 Å². The predicted octanol–water partition coefficient (Wildman–Crippen LogP) is 2.30. The van der Waals surface area contributed by atoms with E-state index in [1.165, 1.54) is 30.1 Å². The van der Waals surface area contributed by atoms with E-state index in [0.717, 1.165) is 4.90 Å². The Labute approximate surface area is 124 Å². The van der Waals surface area contributed by atoms with Gasteiger partial charge in [0.25, 0.3) is 5.69 Å². The zero-order valence-corrected chi connectivity index (χ0v) is 11.7. The van der Waals surface area contributed by atoms with Gasteiger partial charge in [-0.1, -0.05) is 12.1 Å². The summed E-state index contributed by atoms with van der Waals surface area (Å²) in [5.41, 5.74) is 6.24. The van der Waals surface area contributed by atoms with Crippen molar-refractivity contribution < 1.29 is 9.72 Å². The van der Waals surface area contributed by atoms with Crippen molar-refractivity contribution in [3.05, 3.63) is 52.8 Å². The molecule has 1 aromatic carbocycles. The lowest BCUT2D eigenvalue weighted by molar-refractivity contribution is -0.383. The van der Waals surface area contributed by atoms with Crippen molar-refractivity contribution in [2.75, 3.05) is 16.8 Å². The first-order chi connectivity index (χ1) is 10.1. The standard InChI is InChI=1S/C13H12N4O3S/c14-9-7-15-6-5-12(9)21-8-13(18)16-10-3-1-2-4-11(10)17(19)20/h1-7H,8,14H2,(H,16,18). The molecule has 1 heterocycles. The Morgan fingerprint density at radius 1 is 1.38 bits per heavy atom. The number of anilines is 2. The number of hydrogen-bond donors (Lipinski definition) is 2. The second-order valence-electron chi connectivity index (χ2n) is 4.02. The number of nitro benzene ring substituents is 1. The van der Waals surface area contributed by atoms with Crippen LogP contribution in [-0.2, 0) is 4.79 Å². The number of aromatic nitrogens is 1. The highest BCUT2D eigenvalue weighted by molar-refractivity contribution is 8.00.